The van der Waals surface area contributed by atoms with Crippen molar-refractivity contribution in [2.75, 3.05) is 24.7 Å². The first kappa shape index (κ1) is 24.6. The van der Waals surface area contributed by atoms with E-state index >= 15 is 0 Å². The summed E-state index contributed by atoms with van der Waals surface area (Å²) in [5, 5.41) is 12.2. The van der Waals surface area contributed by atoms with E-state index in [-0.39, 0.29) is 42.0 Å². The third kappa shape index (κ3) is 5.25. The summed E-state index contributed by atoms with van der Waals surface area (Å²) < 4.78 is 81.2. The molecule has 0 unspecified atom stereocenters. The summed E-state index contributed by atoms with van der Waals surface area (Å²) in [6, 6.07) is 5.44. The van der Waals surface area contributed by atoms with Gasteiger partial charge in [-0.3, -0.25) is 0 Å². The van der Waals surface area contributed by atoms with Crippen LogP contribution in [0.1, 0.15) is 24.0 Å². The van der Waals surface area contributed by atoms with Gasteiger partial charge in [-0.05, 0) is 25.0 Å². The first-order chi connectivity index (χ1) is 16.5. The fraction of sp³-hybridized carbons (Fsp3) is 0.333. The van der Waals surface area contributed by atoms with E-state index in [4.69, 9.17) is 0 Å². The lowest BCUT2D eigenvalue weighted by atomic mass is 10.1. The van der Waals surface area contributed by atoms with E-state index in [2.05, 4.69) is 20.3 Å². The minimum absolute atomic E-state index is 0.0181. The van der Waals surface area contributed by atoms with Gasteiger partial charge in [0.15, 0.2) is 0 Å². The van der Waals surface area contributed by atoms with Crippen molar-refractivity contribution < 1.29 is 26.0 Å². The molecule has 3 heterocycles. The summed E-state index contributed by atoms with van der Waals surface area (Å²) in [7, 11) is -3.32. The highest BCUT2D eigenvalue weighted by atomic mass is 32.2. The van der Waals surface area contributed by atoms with Crippen LogP contribution in [0, 0.1) is 17.1 Å². The predicted octanol–water partition coefficient (Wildman–Crippen LogP) is 3.19. The van der Waals surface area contributed by atoms with Crippen LogP contribution in [0.4, 0.5) is 23.5 Å². The summed E-state index contributed by atoms with van der Waals surface area (Å²) in [6.45, 7) is 0.524. The number of piperidine rings is 1. The van der Waals surface area contributed by atoms with E-state index in [1.165, 1.54) is 16.4 Å². The van der Waals surface area contributed by atoms with Crippen molar-refractivity contribution in [3.8, 4) is 23.1 Å². The molecule has 184 valence electrons. The molecule has 0 bridgehead atoms. The number of para-hydroxylation sites is 1. The lowest BCUT2D eigenvalue weighted by Crippen LogP contribution is -2.42. The molecule has 0 radical (unpaired) electrons. The van der Waals surface area contributed by atoms with E-state index in [9.17, 15) is 31.2 Å². The third-order valence-electron chi connectivity index (χ3n) is 5.54. The Kier molecular flexibility index (Phi) is 6.48. The number of alkyl halides is 3. The molecule has 1 aromatic carbocycles. The van der Waals surface area contributed by atoms with Crippen LogP contribution in [0.5, 0.6) is 0 Å². The van der Waals surface area contributed by atoms with Gasteiger partial charge in [-0.1, -0.05) is 6.07 Å². The number of benzene rings is 1. The van der Waals surface area contributed by atoms with Gasteiger partial charge in [-0.2, -0.15) is 18.4 Å². The quantitative estimate of drug-likeness (QED) is 0.525. The van der Waals surface area contributed by atoms with Gasteiger partial charge in [0.1, 0.15) is 40.9 Å². The molecule has 3 aromatic rings. The highest BCUT2D eigenvalue weighted by Crippen LogP contribution is 2.36. The zero-order valence-corrected chi connectivity index (χ0v) is 19.1. The molecule has 14 heteroatoms. The maximum atomic E-state index is 14.4. The average Bonchev–Trinajstić information content (AvgIpc) is 3.27. The molecule has 0 aliphatic carbocycles. The van der Waals surface area contributed by atoms with Gasteiger partial charge in [-0.25, -0.2) is 32.1 Å². The van der Waals surface area contributed by atoms with E-state index < -0.39 is 33.3 Å². The maximum Gasteiger partial charge on any atom is 0.420 e. The second kappa shape index (κ2) is 9.23. The molecule has 1 aliphatic heterocycles. The van der Waals surface area contributed by atoms with Gasteiger partial charge in [0.05, 0.1) is 11.8 Å². The Labute approximate surface area is 198 Å². The van der Waals surface area contributed by atoms with Crippen molar-refractivity contribution in [2.45, 2.75) is 25.1 Å². The zero-order chi connectivity index (χ0) is 25.4. The van der Waals surface area contributed by atoms with Crippen molar-refractivity contribution in [3.63, 3.8) is 0 Å². The van der Waals surface area contributed by atoms with Crippen LogP contribution in [-0.4, -0.2) is 57.6 Å². The number of imidazole rings is 1. The van der Waals surface area contributed by atoms with Gasteiger partial charge < -0.3 is 9.88 Å². The molecule has 4 rings (SSSR count). The van der Waals surface area contributed by atoms with Crippen molar-refractivity contribution in [2.24, 2.45) is 0 Å². The smallest absolute Gasteiger partial charge is 0.351 e. The van der Waals surface area contributed by atoms with Crippen molar-refractivity contribution in [3.05, 3.63) is 53.9 Å². The molecule has 0 saturated carbocycles. The van der Waals surface area contributed by atoms with Gasteiger partial charge in [0.2, 0.25) is 16.0 Å². The second-order valence-electron chi connectivity index (χ2n) is 7.95. The van der Waals surface area contributed by atoms with Gasteiger partial charge in [-0.15, -0.1) is 0 Å². The number of halogens is 4. The number of rotatable bonds is 5. The lowest BCUT2D eigenvalue weighted by molar-refractivity contribution is -0.137. The molecule has 1 saturated heterocycles. The Hall–Kier alpha value is -3.57. The van der Waals surface area contributed by atoms with Crippen molar-refractivity contribution >= 4 is 16.0 Å². The molecular formula is C21H19F4N7O2S. The molecule has 1 aliphatic rings. The van der Waals surface area contributed by atoms with Crippen LogP contribution in [0.3, 0.4) is 0 Å². The highest BCUT2D eigenvalue weighted by molar-refractivity contribution is 7.88. The van der Waals surface area contributed by atoms with Crippen LogP contribution in [0.25, 0.3) is 17.1 Å². The number of nitrogens with zero attached hydrogens (tertiary/aromatic N) is 6. The second-order valence-corrected chi connectivity index (χ2v) is 9.93. The van der Waals surface area contributed by atoms with Crippen LogP contribution in [0.15, 0.2) is 36.9 Å². The molecule has 1 fully saturated rings. The standard InChI is InChI=1S/C21H19F4N7O2S/c1-35(33,34)32-7-5-14(6-8-32)29-20-27-10-15(21(23,24)25)18(30-20)17-11-31(12-28-17)19-13(9-26)3-2-4-16(19)22/h2-4,10-12,14H,5-8H2,1H3,(H,27,29,30). The summed E-state index contributed by atoms with van der Waals surface area (Å²) in [6.07, 6.45) is 0.0761. The molecule has 2 aromatic heterocycles. The lowest BCUT2D eigenvalue weighted by Gasteiger charge is -2.30. The van der Waals surface area contributed by atoms with Gasteiger partial charge in [0.25, 0.3) is 0 Å². The number of nitriles is 1. The minimum atomic E-state index is -4.78. The van der Waals surface area contributed by atoms with Crippen molar-refractivity contribution in [1.29, 1.82) is 5.26 Å². The fourth-order valence-electron chi connectivity index (χ4n) is 3.80. The van der Waals surface area contributed by atoms with E-state index in [1.807, 2.05) is 6.07 Å². The van der Waals surface area contributed by atoms with Crippen molar-refractivity contribution in [1.82, 2.24) is 23.8 Å². The monoisotopic (exact) mass is 509 g/mol. The number of sulfonamides is 1. The van der Waals surface area contributed by atoms with Crippen LogP contribution >= 0.6 is 0 Å². The van der Waals surface area contributed by atoms with Gasteiger partial charge >= 0.3 is 6.18 Å². The summed E-state index contributed by atoms with van der Waals surface area (Å²) in [4.78, 5) is 11.8. The van der Waals surface area contributed by atoms with Crippen LogP contribution in [-0.2, 0) is 16.2 Å². The normalized spacial score (nSPS) is 15.7. The maximum absolute atomic E-state index is 14.4. The van der Waals surface area contributed by atoms with E-state index in [0.717, 1.165) is 29.4 Å². The Morgan fingerprint density at radius 3 is 2.54 bits per heavy atom. The fourth-order valence-corrected chi connectivity index (χ4v) is 4.68. The minimum Gasteiger partial charge on any atom is -0.351 e. The molecular weight excluding hydrogens is 490 g/mol. The average molecular weight is 509 g/mol. The zero-order valence-electron chi connectivity index (χ0n) is 18.3. The van der Waals surface area contributed by atoms with Gasteiger partial charge in [0, 0.05) is 31.5 Å². The third-order valence-corrected chi connectivity index (χ3v) is 6.84. The van der Waals surface area contributed by atoms with Crippen LogP contribution in [0.2, 0.25) is 0 Å². The number of hydrogen-bond acceptors (Lipinski definition) is 7. The largest absolute Gasteiger partial charge is 0.420 e. The Morgan fingerprint density at radius 2 is 1.91 bits per heavy atom. The Morgan fingerprint density at radius 1 is 1.20 bits per heavy atom. The first-order valence-electron chi connectivity index (χ1n) is 10.4. The summed E-state index contributed by atoms with van der Waals surface area (Å²) >= 11 is 0. The Bertz CT molecular complexity index is 1390. The van der Waals surface area contributed by atoms with E-state index in [0.29, 0.717) is 19.0 Å². The molecule has 1 N–H and O–H groups in total. The topological polar surface area (TPSA) is 117 Å². The first-order valence-corrected chi connectivity index (χ1v) is 12.2. The number of aromatic nitrogens is 4. The van der Waals surface area contributed by atoms with Crippen LogP contribution < -0.4 is 5.32 Å². The number of anilines is 1. The summed E-state index contributed by atoms with van der Waals surface area (Å²) in [5.74, 6) is -0.821. The molecule has 9 nitrogen and oxygen atoms in total. The molecule has 0 spiro atoms. The molecule has 0 amide bonds. The number of nitrogens with one attached hydrogen (secondary N) is 1. The SMILES string of the molecule is CS(=O)(=O)N1CCC(Nc2ncc(C(F)(F)F)c(-c3cn(-c4c(F)cccc4C#N)cn3)n2)CC1. The molecule has 35 heavy (non-hydrogen) atoms. The highest BCUT2D eigenvalue weighted by Gasteiger charge is 2.36. The molecule has 0 atom stereocenters. The Balaban J connectivity index is 1.66. The van der Waals surface area contributed by atoms with E-state index in [1.54, 1.807) is 0 Å². The predicted molar refractivity (Wildman–Crippen MR) is 117 cm³/mol. The summed E-state index contributed by atoms with van der Waals surface area (Å²) in [5.41, 5.74) is -2.00. The number of hydrogen-bond donors (Lipinski definition) is 1.